The number of nitrogens with zero attached hydrogens (tertiary/aromatic N) is 2. The lowest BCUT2D eigenvalue weighted by Gasteiger charge is -2.34. The topological polar surface area (TPSA) is 8.17 Å². The van der Waals surface area contributed by atoms with Gasteiger partial charge in [0.2, 0.25) is 0 Å². The smallest absolute Gasteiger partial charge is 0.0726 e. The third-order valence-electron chi connectivity index (χ3n) is 17.8. The molecule has 12 aromatic carbocycles. The van der Waals surface area contributed by atoms with E-state index in [-0.39, 0.29) is 0 Å². The Morgan fingerprint density at radius 3 is 1.76 bits per heavy atom. The molecule has 0 amide bonds. The molecule has 3 aliphatic carbocycles. The van der Waals surface area contributed by atoms with Gasteiger partial charge >= 0.3 is 0 Å². The van der Waals surface area contributed by atoms with Crippen molar-refractivity contribution in [3.8, 4) is 61.3 Å². The molecule has 1 unspecified atom stereocenters. The summed E-state index contributed by atoms with van der Waals surface area (Å²) in [5.74, 6) is 0. The SMILES string of the molecule is CC1(c2ccc3ccccc3c2)c2ccc(N(c3cccc(-c4ccccc4)c3)c3cccc4c3-c3ccccc3C43c4ccccc4-c4ccccc43)c3c2-c2c1ccc1c4ccccc4n(c21)-c1ccccc1-3. The quantitative estimate of drug-likeness (QED) is 0.167. The molecular weight excluding hydrogens is 905 g/mol. The molecule has 1 aliphatic heterocycles. The maximum Gasteiger partial charge on any atom is 0.0726 e. The molecule has 0 saturated carbocycles. The van der Waals surface area contributed by atoms with E-state index in [4.69, 9.17) is 0 Å². The van der Waals surface area contributed by atoms with Gasteiger partial charge < -0.3 is 9.47 Å². The van der Waals surface area contributed by atoms with E-state index in [1.165, 1.54) is 133 Å². The van der Waals surface area contributed by atoms with Crippen molar-refractivity contribution in [1.29, 1.82) is 0 Å². The Morgan fingerprint density at radius 2 is 0.947 bits per heavy atom. The molecule has 4 aliphatic rings. The monoisotopic (exact) mass is 950 g/mol. The van der Waals surface area contributed by atoms with Crippen LogP contribution in [-0.4, -0.2) is 4.57 Å². The number of rotatable bonds is 5. The summed E-state index contributed by atoms with van der Waals surface area (Å²) in [4.78, 5) is 2.63. The second-order valence-corrected chi connectivity index (χ2v) is 21.2. The molecule has 75 heavy (non-hydrogen) atoms. The van der Waals surface area contributed by atoms with Crippen molar-refractivity contribution in [3.05, 3.63) is 300 Å². The third kappa shape index (κ3) is 5.14. The van der Waals surface area contributed by atoms with Crippen molar-refractivity contribution in [1.82, 2.24) is 4.57 Å². The molecular formula is C73H46N2. The molecule has 2 nitrogen and oxygen atoms in total. The van der Waals surface area contributed by atoms with Crippen LogP contribution in [0.3, 0.4) is 0 Å². The fourth-order valence-electron chi connectivity index (χ4n) is 14.7. The fraction of sp³-hybridized carbons (Fsp3) is 0.0411. The summed E-state index contributed by atoms with van der Waals surface area (Å²) in [5.41, 5.74) is 28.0. The highest BCUT2D eigenvalue weighted by atomic mass is 15.2. The second kappa shape index (κ2) is 14.8. The standard InChI is InChI=1S/C73H46N2/c1-72(49-38-37-46-21-5-6-22-47(46)43-49)60-41-42-66(68-56-29-11-16-35-64(56)75-63-34-15-10-27-53(63)54-39-40-61(72)70(69(60)68)71(54)75)74(50-24-17-23-48(44-50)45-19-3-2-4-20-45)65-36-18-33-62-67(65)55-28-9-14-32-59(55)73(62)57-30-12-7-25-51(57)52-26-8-13-31-58(52)73/h2-44H,1H3. The van der Waals surface area contributed by atoms with Crippen LogP contribution in [0.4, 0.5) is 17.1 Å². The normalized spacial score (nSPS) is 15.4. The van der Waals surface area contributed by atoms with Crippen molar-refractivity contribution in [2.45, 2.75) is 17.8 Å². The first-order valence-electron chi connectivity index (χ1n) is 26.3. The van der Waals surface area contributed by atoms with Crippen LogP contribution < -0.4 is 4.90 Å². The van der Waals surface area contributed by atoms with E-state index in [9.17, 15) is 0 Å². The van der Waals surface area contributed by atoms with Gasteiger partial charge in [0.25, 0.3) is 0 Å². The van der Waals surface area contributed by atoms with Gasteiger partial charge in [-0.05, 0) is 132 Å². The summed E-state index contributed by atoms with van der Waals surface area (Å²) in [5, 5.41) is 5.05. The van der Waals surface area contributed by atoms with Crippen molar-refractivity contribution >= 4 is 49.6 Å². The van der Waals surface area contributed by atoms with Crippen LogP contribution >= 0.6 is 0 Å². The Hall–Kier alpha value is -9.50. The first kappa shape index (κ1) is 41.0. The minimum absolute atomic E-state index is 0.468. The molecule has 1 spiro atoms. The maximum absolute atomic E-state index is 2.63. The average Bonchev–Trinajstić information content (AvgIpc) is 4.21. The Bertz CT molecular complexity index is 4580. The second-order valence-electron chi connectivity index (χ2n) is 21.2. The van der Waals surface area contributed by atoms with Crippen LogP contribution in [0.1, 0.15) is 45.9 Å². The number of fused-ring (bicyclic) bond motifs is 17. The van der Waals surface area contributed by atoms with E-state index in [1.54, 1.807) is 0 Å². The lowest BCUT2D eigenvalue weighted by atomic mass is 9.70. The largest absolute Gasteiger partial charge is 0.309 e. The van der Waals surface area contributed by atoms with Gasteiger partial charge in [-0.2, -0.15) is 0 Å². The van der Waals surface area contributed by atoms with Gasteiger partial charge in [0.1, 0.15) is 0 Å². The highest BCUT2D eigenvalue weighted by Gasteiger charge is 2.53. The summed E-state index contributed by atoms with van der Waals surface area (Å²) in [6.07, 6.45) is 0. The summed E-state index contributed by atoms with van der Waals surface area (Å²) in [6.45, 7) is 2.48. The van der Waals surface area contributed by atoms with Gasteiger partial charge in [0.15, 0.2) is 0 Å². The van der Waals surface area contributed by atoms with Gasteiger partial charge in [0.05, 0.1) is 33.5 Å². The lowest BCUT2D eigenvalue weighted by molar-refractivity contribution is 0.715. The van der Waals surface area contributed by atoms with Crippen molar-refractivity contribution in [2.75, 3.05) is 4.90 Å². The van der Waals surface area contributed by atoms with Crippen LogP contribution in [0.2, 0.25) is 0 Å². The molecule has 0 bridgehead atoms. The third-order valence-corrected chi connectivity index (χ3v) is 17.8. The van der Waals surface area contributed by atoms with E-state index in [0.29, 0.717) is 0 Å². The molecule has 17 rings (SSSR count). The Labute approximate surface area is 435 Å². The number of hydrogen-bond donors (Lipinski definition) is 0. The maximum atomic E-state index is 2.63. The van der Waals surface area contributed by atoms with Crippen LogP contribution in [0.5, 0.6) is 0 Å². The molecule has 1 atom stereocenters. The van der Waals surface area contributed by atoms with E-state index < -0.39 is 10.8 Å². The summed E-state index contributed by atoms with van der Waals surface area (Å²) < 4.78 is 2.59. The minimum atomic E-state index is -0.500. The molecule has 348 valence electrons. The summed E-state index contributed by atoms with van der Waals surface area (Å²) in [6, 6.07) is 98.8. The molecule has 1 aromatic heterocycles. The predicted octanol–water partition coefficient (Wildman–Crippen LogP) is 18.7. The zero-order chi connectivity index (χ0) is 49.1. The number of para-hydroxylation sites is 2. The highest BCUT2D eigenvalue weighted by molar-refractivity contribution is 6.20. The van der Waals surface area contributed by atoms with E-state index in [1.807, 2.05) is 0 Å². The lowest BCUT2D eigenvalue weighted by Crippen LogP contribution is -2.26. The first-order chi connectivity index (χ1) is 37.1. The molecule has 2 heterocycles. The Morgan fingerprint density at radius 1 is 0.347 bits per heavy atom. The molecule has 0 saturated heterocycles. The van der Waals surface area contributed by atoms with Gasteiger partial charge in [0, 0.05) is 44.1 Å². The minimum Gasteiger partial charge on any atom is -0.309 e. The molecule has 2 heteroatoms. The van der Waals surface area contributed by atoms with E-state index in [2.05, 4.69) is 277 Å². The molecule has 0 radical (unpaired) electrons. The number of anilines is 3. The predicted molar refractivity (Wildman–Crippen MR) is 311 cm³/mol. The fourth-order valence-corrected chi connectivity index (χ4v) is 14.7. The van der Waals surface area contributed by atoms with E-state index >= 15 is 0 Å². The number of hydrogen-bond acceptors (Lipinski definition) is 1. The van der Waals surface area contributed by atoms with Crippen LogP contribution in [0.15, 0.2) is 261 Å². The van der Waals surface area contributed by atoms with Crippen molar-refractivity contribution < 1.29 is 0 Å². The van der Waals surface area contributed by atoms with Crippen molar-refractivity contribution in [2.24, 2.45) is 0 Å². The summed E-state index contributed by atoms with van der Waals surface area (Å²) in [7, 11) is 0. The molecule has 0 N–H and O–H groups in total. The number of aromatic nitrogens is 1. The summed E-state index contributed by atoms with van der Waals surface area (Å²) >= 11 is 0. The average molecular weight is 951 g/mol. The Kier molecular flexibility index (Phi) is 8.10. The zero-order valence-electron chi connectivity index (χ0n) is 41.2. The van der Waals surface area contributed by atoms with Gasteiger partial charge in [-0.15, -0.1) is 0 Å². The van der Waals surface area contributed by atoms with Crippen LogP contribution in [0.25, 0.3) is 93.9 Å². The molecule has 13 aromatic rings. The van der Waals surface area contributed by atoms with Crippen LogP contribution in [0, 0.1) is 0 Å². The van der Waals surface area contributed by atoms with Gasteiger partial charge in [-0.1, -0.05) is 218 Å². The van der Waals surface area contributed by atoms with Crippen molar-refractivity contribution in [3.63, 3.8) is 0 Å². The highest BCUT2D eigenvalue weighted by Crippen LogP contribution is 2.67. The zero-order valence-corrected chi connectivity index (χ0v) is 41.2. The molecule has 0 fully saturated rings. The van der Waals surface area contributed by atoms with E-state index in [0.717, 1.165) is 17.1 Å². The first-order valence-corrected chi connectivity index (χ1v) is 26.3. The van der Waals surface area contributed by atoms with Gasteiger partial charge in [-0.3, -0.25) is 0 Å². The Balaban J connectivity index is 1.03. The number of benzene rings is 12. The van der Waals surface area contributed by atoms with Gasteiger partial charge in [-0.25, -0.2) is 0 Å². The van der Waals surface area contributed by atoms with Crippen LogP contribution in [-0.2, 0) is 10.8 Å².